The van der Waals surface area contributed by atoms with Crippen molar-refractivity contribution in [2.24, 2.45) is 0 Å². The van der Waals surface area contributed by atoms with Crippen LogP contribution in [0.2, 0.25) is 0 Å². The molecular weight excluding hydrogens is 316 g/mol. The molecule has 0 saturated carbocycles. The Hall–Kier alpha value is -2.40. The van der Waals surface area contributed by atoms with Gasteiger partial charge in [-0.15, -0.1) is 0 Å². The van der Waals surface area contributed by atoms with E-state index in [1.165, 1.54) is 12.3 Å². The molecule has 1 aromatic heterocycles. The first kappa shape index (κ1) is 17.4. The van der Waals surface area contributed by atoms with Crippen LogP contribution in [0, 0.1) is 0 Å². The lowest BCUT2D eigenvalue weighted by Gasteiger charge is -2.31. The summed E-state index contributed by atoms with van der Waals surface area (Å²) in [5.41, 5.74) is 1.00. The maximum atomic E-state index is 12.9. The van der Waals surface area contributed by atoms with E-state index in [0.29, 0.717) is 18.5 Å². The van der Waals surface area contributed by atoms with Gasteiger partial charge in [-0.3, -0.25) is 9.59 Å². The Balaban J connectivity index is 1.79. The van der Waals surface area contributed by atoms with Crippen LogP contribution >= 0.6 is 0 Å². The van der Waals surface area contributed by atoms with Crippen molar-refractivity contribution in [1.29, 1.82) is 0 Å². The van der Waals surface area contributed by atoms with Crippen LogP contribution in [0.4, 0.5) is 0 Å². The zero-order valence-electron chi connectivity index (χ0n) is 14.2. The van der Waals surface area contributed by atoms with Gasteiger partial charge in [0, 0.05) is 30.4 Å². The van der Waals surface area contributed by atoms with Gasteiger partial charge < -0.3 is 15.0 Å². The third-order valence-electron chi connectivity index (χ3n) is 4.84. The topological polar surface area (TPSA) is 73.4 Å². The van der Waals surface area contributed by atoms with E-state index in [-0.39, 0.29) is 17.5 Å². The number of aromatic amines is 1. The number of hydrogen-bond acceptors (Lipinski definition) is 3. The number of carbonyl (C=O) groups excluding carboxylic acids is 1. The van der Waals surface area contributed by atoms with E-state index in [1.807, 2.05) is 35.2 Å². The van der Waals surface area contributed by atoms with Gasteiger partial charge in [-0.2, -0.15) is 0 Å². The van der Waals surface area contributed by atoms with E-state index in [0.717, 1.165) is 31.2 Å². The fourth-order valence-corrected chi connectivity index (χ4v) is 3.50. The van der Waals surface area contributed by atoms with Gasteiger partial charge in [0.05, 0.1) is 6.10 Å². The predicted molar refractivity (Wildman–Crippen MR) is 96.4 cm³/mol. The van der Waals surface area contributed by atoms with Gasteiger partial charge in [-0.1, -0.05) is 43.2 Å². The number of nitrogens with zero attached hydrogens (tertiary/aromatic N) is 1. The molecule has 3 rings (SSSR count). The molecule has 5 heteroatoms. The van der Waals surface area contributed by atoms with E-state index in [1.54, 1.807) is 6.07 Å². The number of rotatable bonds is 4. The Morgan fingerprint density at radius 3 is 2.76 bits per heavy atom. The smallest absolute Gasteiger partial charge is 0.254 e. The number of hydrogen-bond donors (Lipinski definition) is 2. The standard InChI is InChI=1S/C20H24N2O3/c23-18(15-7-3-1-4-8-15)14-17-9-5-2-6-12-22(17)20(25)16-10-11-21-19(24)13-16/h1,3-4,7-8,10-11,13,17-18,23H,2,5-6,9,12,14H2,(H,21,24)/t17-,18+/m0/s1. The lowest BCUT2D eigenvalue weighted by Crippen LogP contribution is -2.41. The minimum atomic E-state index is -0.598. The molecule has 0 radical (unpaired) electrons. The quantitative estimate of drug-likeness (QED) is 0.899. The van der Waals surface area contributed by atoms with Crippen LogP contribution in [-0.4, -0.2) is 33.5 Å². The lowest BCUT2D eigenvalue weighted by molar-refractivity contribution is 0.0587. The van der Waals surface area contributed by atoms with Crippen molar-refractivity contribution in [3.05, 3.63) is 70.1 Å². The zero-order chi connectivity index (χ0) is 17.6. The molecule has 0 aliphatic carbocycles. The number of H-pyrrole nitrogens is 1. The number of aromatic nitrogens is 1. The average Bonchev–Trinajstić information content (AvgIpc) is 2.87. The van der Waals surface area contributed by atoms with E-state index in [2.05, 4.69) is 4.98 Å². The van der Waals surface area contributed by atoms with Crippen LogP contribution in [0.1, 0.15) is 54.1 Å². The van der Waals surface area contributed by atoms with Gasteiger partial charge in [-0.25, -0.2) is 0 Å². The normalized spacial score (nSPS) is 19.2. The number of aliphatic hydroxyl groups excluding tert-OH is 1. The van der Waals surface area contributed by atoms with Gasteiger partial charge in [0.2, 0.25) is 5.56 Å². The first-order valence-corrected chi connectivity index (χ1v) is 8.88. The summed E-state index contributed by atoms with van der Waals surface area (Å²) in [4.78, 5) is 28.8. The summed E-state index contributed by atoms with van der Waals surface area (Å²) >= 11 is 0. The Bertz CT molecular complexity index is 757. The molecular formula is C20H24N2O3. The third kappa shape index (κ3) is 4.37. The molecule has 0 unspecified atom stereocenters. The summed E-state index contributed by atoms with van der Waals surface area (Å²) in [6.45, 7) is 0.664. The highest BCUT2D eigenvalue weighted by Gasteiger charge is 2.28. The average molecular weight is 340 g/mol. The summed E-state index contributed by atoms with van der Waals surface area (Å²) in [6.07, 6.45) is 5.37. The maximum Gasteiger partial charge on any atom is 0.254 e. The van der Waals surface area contributed by atoms with Crippen LogP contribution in [0.15, 0.2) is 53.5 Å². The third-order valence-corrected chi connectivity index (χ3v) is 4.84. The van der Waals surface area contributed by atoms with E-state index < -0.39 is 6.10 Å². The second-order valence-corrected chi connectivity index (χ2v) is 6.61. The molecule has 2 heterocycles. The number of benzene rings is 1. The van der Waals surface area contributed by atoms with Crippen LogP contribution in [0.3, 0.4) is 0 Å². The van der Waals surface area contributed by atoms with Crippen LogP contribution < -0.4 is 5.56 Å². The van der Waals surface area contributed by atoms with Gasteiger partial charge in [0.15, 0.2) is 0 Å². The van der Waals surface area contributed by atoms with Crippen molar-refractivity contribution in [2.45, 2.75) is 44.2 Å². The minimum absolute atomic E-state index is 0.0236. The molecule has 1 aliphatic heterocycles. The summed E-state index contributed by atoms with van der Waals surface area (Å²) in [5, 5.41) is 10.6. The van der Waals surface area contributed by atoms with E-state index >= 15 is 0 Å². The molecule has 5 nitrogen and oxygen atoms in total. The molecule has 1 aliphatic rings. The monoisotopic (exact) mass is 340 g/mol. The van der Waals surface area contributed by atoms with Gasteiger partial charge in [0.25, 0.3) is 5.91 Å². The molecule has 25 heavy (non-hydrogen) atoms. The zero-order valence-corrected chi connectivity index (χ0v) is 14.2. The maximum absolute atomic E-state index is 12.9. The largest absolute Gasteiger partial charge is 0.388 e. The molecule has 2 atom stereocenters. The number of aliphatic hydroxyl groups is 1. The van der Waals surface area contributed by atoms with Gasteiger partial charge in [0.1, 0.15) is 0 Å². The first-order valence-electron chi connectivity index (χ1n) is 8.88. The number of amides is 1. The number of nitrogens with one attached hydrogen (secondary N) is 1. The van der Waals surface area contributed by atoms with Crippen molar-refractivity contribution >= 4 is 5.91 Å². The molecule has 1 amide bonds. The fourth-order valence-electron chi connectivity index (χ4n) is 3.50. The van der Waals surface area contributed by atoms with E-state index in [4.69, 9.17) is 0 Å². The lowest BCUT2D eigenvalue weighted by atomic mass is 9.97. The summed E-state index contributed by atoms with van der Waals surface area (Å²) in [7, 11) is 0. The van der Waals surface area contributed by atoms with Crippen molar-refractivity contribution in [1.82, 2.24) is 9.88 Å². The van der Waals surface area contributed by atoms with Crippen LogP contribution in [0.5, 0.6) is 0 Å². The molecule has 1 saturated heterocycles. The van der Waals surface area contributed by atoms with E-state index in [9.17, 15) is 14.7 Å². The highest BCUT2D eigenvalue weighted by molar-refractivity contribution is 5.94. The van der Waals surface area contributed by atoms with Crippen molar-refractivity contribution < 1.29 is 9.90 Å². The number of pyridine rings is 1. The van der Waals surface area contributed by atoms with Gasteiger partial charge >= 0.3 is 0 Å². The Morgan fingerprint density at radius 2 is 2.00 bits per heavy atom. The molecule has 0 spiro atoms. The van der Waals surface area contributed by atoms with Crippen molar-refractivity contribution in [3.8, 4) is 0 Å². The fraction of sp³-hybridized carbons (Fsp3) is 0.400. The SMILES string of the molecule is O=C(c1cc[nH]c(=O)c1)N1CCCCC[C@H]1C[C@@H](O)c1ccccc1. The Labute approximate surface area is 147 Å². The number of carbonyl (C=O) groups is 1. The Morgan fingerprint density at radius 1 is 1.20 bits per heavy atom. The minimum Gasteiger partial charge on any atom is -0.388 e. The molecule has 1 aromatic carbocycles. The van der Waals surface area contributed by atoms with Gasteiger partial charge in [-0.05, 0) is 30.9 Å². The van der Waals surface area contributed by atoms with Crippen molar-refractivity contribution in [3.63, 3.8) is 0 Å². The molecule has 2 N–H and O–H groups in total. The highest BCUT2D eigenvalue weighted by Crippen LogP contribution is 2.27. The molecule has 132 valence electrons. The second kappa shape index (κ2) is 8.12. The predicted octanol–water partition coefficient (Wildman–Crippen LogP) is 2.88. The Kier molecular flexibility index (Phi) is 5.66. The first-order chi connectivity index (χ1) is 12.1. The summed E-state index contributed by atoms with van der Waals surface area (Å²) in [6, 6.07) is 12.5. The van der Waals surface area contributed by atoms with Crippen LogP contribution in [0.25, 0.3) is 0 Å². The second-order valence-electron chi connectivity index (χ2n) is 6.61. The number of likely N-dealkylation sites (tertiary alicyclic amines) is 1. The molecule has 0 bridgehead atoms. The highest BCUT2D eigenvalue weighted by atomic mass is 16.3. The van der Waals surface area contributed by atoms with Crippen molar-refractivity contribution in [2.75, 3.05) is 6.54 Å². The summed E-state index contributed by atoms with van der Waals surface area (Å²) < 4.78 is 0. The summed E-state index contributed by atoms with van der Waals surface area (Å²) in [5.74, 6) is -0.127. The van der Waals surface area contributed by atoms with Crippen LogP contribution in [-0.2, 0) is 0 Å². The molecule has 2 aromatic rings. The molecule has 1 fully saturated rings.